The summed E-state index contributed by atoms with van der Waals surface area (Å²) in [5.74, 6) is 1.31. The number of carbonyl (C=O) groups is 1. The predicted molar refractivity (Wildman–Crippen MR) is 76.3 cm³/mol. The predicted octanol–water partition coefficient (Wildman–Crippen LogP) is 1.20. The average molecular weight is 269 g/mol. The number of nitrogens with one attached hydrogen (secondary N) is 1. The van der Waals surface area contributed by atoms with Gasteiger partial charge in [-0.15, -0.1) is 0 Å². The lowest BCUT2D eigenvalue weighted by Gasteiger charge is -2.07. The largest absolute Gasteiger partial charge is 0.412 e. The summed E-state index contributed by atoms with van der Waals surface area (Å²) in [7, 11) is 1.53. The van der Waals surface area contributed by atoms with E-state index in [9.17, 15) is 4.79 Å². The van der Waals surface area contributed by atoms with E-state index in [0.29, 0.717) is 5.75 Å². The highest BCUT2D eigenvalue weighted by Gasteiger charge is 2.25. The highest BCUT2D eigenvalue weighted by Crippen LogP contribution is 2.27. The lowest BCUT2D eigenvalue weighted by Crippen LogP contribution is -2.29. The minimum absolute atomic E-state index is 0.475. The number of amidine groups is 1. The van der Waals surface area contributed by atoms with Gasteiger partial charge in [0.2, 0.25) is 0 Å². The fourth-order valence-electron chi connectivity index (χ4n) is 2.49. The monoisotopic (exact) mass is 269 g/mol. The van der Waals surface area contributed by atoms with Crippen LogP contribution < -0.4 is 20.6 Å². The molecule has 0 aliphatic carbocycles. The van der Waals surface area contributed by atoms with Crippen molar-refractivity contribution >= 4 is 17.5 Å². The maximum Gasteiger partial charge on any atom is 0.412 e. The molecule has 0 unspecified atom stereocenters. The lowest BCUT2D eigenvalue weighted by atomic mass is 10.0. The zero-order valence-corrected chi connectivity index (χ0v) is 11.9. The highest BCUT2D eigenvalue weighted by molar-refractivity contribution is 6.26. The van der Waals surface area contributed by atoms with Crippen LogP contribution in [0.5, 0.6) is 5.75 Å². The van der Waals surface area contributed by atoms with E-state index in [1.807, 2.05) is 26.8 Å². The summed E-state index contributed by atoms with van der Waals surface area (Å²) in [5, 5.41) is 4.34. The number of hydrogen-bond donors (Lipinski definition) is 1. The van der Waals surface area contributed by atoms with Crippen LogP contribution in [0.1, 0.15) is 19.4 Å². The van der Waals surface area contributed by atoms with Gasteiger partial charge >= 0.3 is 6.09 Å². The van der Waals surface area contributed by atoms with Gasteiger partial charge in [0.25, 0.3) is 0 Å². The van der Waals surface area contributed by atoms with Gasteiger partial charge in [0, 0.05) is 29.1 Å². The second-order valence-corrected chi connectivity index (χ2v) is 4.85. The highest BCUT2D eigenvalue weighted by atomic mass is 16.6. The molecule has 2 heterocycles. The minimum atomic E-state index is -0.475. The fraction of sp³-hybridized carbons (Fsp3) is 0.267. The Morgan fingerprint density at radius 3 is 2.65 bits per heavy atom. The quantitative estimate of drug-likeness (QED) is 0.832. The molecule has 0 saturated carbocycles. The third kappa shape index (κ3) is 1.66. The van der Waals surface area contributed by atoms with Crippen molar-refractivity contribution in [3.05, 3.63) is 39.5 Å². The van der Waals surface area contributed by atoms with Crippen LogP contribution in [0.25, 0.3) is 5.57 Å². The molecule has 3 rings (SSSR count). The second-order valence-electron chi connectivity index (χ2n) is 4.85. The topological polar surface area (TPSA) is 63.0 Å². The summed E-state index contributed by atoms with van der Waals surface area (Å²) in [6.45, 7) is 5.95. The van der Waals surface area contributed by atoms with Crippen LogP contribution in [0.4, 0.5) is 4.79 Å². The smallest absolute Gasteiger partial charge is 0.410 e. The summed E-state index contributed by atoms with van der Waals surface area (Å²) >= 11 is 0. The minimum Gasteiger partial charge on any atom is -0.410 e. The Labute approximate surface area is 116 Å². The van der Waals surface area contributed by atoms with Gasteiger partial charge in [0.05, 0.1) is 5.36 Å². The Morgan fingerprint density at radius 2 is 1.95 bits per heavy atom. The van der Waals surface area contributed by atoms with E-state index in [1.165, 1.54) is 7.05 Å². The summed E-state index contributed by atoms with van der Waals surface area (Å²) in [6, 6.07) is 3.62. The van der Waals surface area contributed by atoms with Gasteiger partial charge in [-0.1, -0.05) is 0 Å². The van der Waals surface area contributed by atoms with Crippen LogP contribution in [0.2, 0.25) is 0 Å². The molecule has 0 fully saturated rings. The molecule has 0 radical (unpaired) electrons. The zero-order chi connectivity index (χ0) is 14.4. The van der Waals surface area contributed by atoms with Gasteiger partial charge in [-0.3, -0.25) is 0 Å². The lowest BCUT2D eigenvalue weighted by molar-refractivity contribution is 0.202. The molecule has 2 aliphatic heterocycles. The van der Waals surface area contributed by atoms with E-state index in [-0.39, 0.29) is 0 Å². The summed E-state index contributed by atoms with van der Waals surface area (Å²) in [4.78, 5) is 20.4. The number of aliphatic imine (C=N–C) groups is 1. The van der Waals surface area contributed by atoms with Crippen molar-refractivity contribution in [2.24, 2.45) is 9.98 Å². The average Bonchev–Trinajstić information content (AvgIpc) is 2.91. The molecule has 20 heavy (non-hydrogen) atoms. The molecule has 0 atom stereocenters. The fourth-order valence-corrected chi connectivity index (χ4v) is 2.49. The third-order valence-corrected chi connectivity index (χ3v) is 3.69. The van der Waals surface area contributed by atoms with Crippen molar-refractivity contribution in [1.82, 2.24) is 5.32 Å². The molecule has 5 heteroatoms. The first-order valence-electron chi connectivity index (χ1n) is 6.42. The normalized spacial score (nSPS) is 15.6. The van der Waals surface area contributed by atoms with Crippen molar-refractivity contribution < 1.29 is 9.53 Å². The molecule has 5 nitrogen and oxygen atoms in total. The number of benzene rings is 1. The Balaban J connectivity index is 2.25. The van der Waals surface area contributed by atoms with Gasteiger partial charge in [-0.25, -0.2) is 14.8 Å². The molecule has 1 amide bonds. The molecular weight excluding hydrogens is 254 g/mol. The van der Waals surface area contributed by atoms with Crippen LogP contribution in [-0.4, -0.2) is 19.0 Å². The molecule has 1 N–H and O–H groups in total. The first kappa shape index (κ1) is 12.6. The van der Waals surface area contributed by atoms with Gasteiger partial charge in [-0.05, 0) is 38.5 Å². The van der Waals surface area contributed by atoms with E-state index in [2.05, 4.69) is 15.3 Å². The van der Waals surface area contributed by atoms with E-state index in [0.717, 1.165) is 38.8 Å². The van der Waals surface area contributed by atoms with Crippen LogP contribution in [0.3, 0.4) is 0 Å². The molecule has 0 saturated heterocycles. The Hall–Kier alpha value is -2.43. The van der Waals surface area contributed by atoms with Crippen LogP contribution >= 0.6 is 0 Å². The summed E-state index contributed by atoms with van der Waals surface area (Å²) < 4.78 is 5.27. The first-order chi connectivity index (χ1) is 9.52. The van der Waals surface area contributed by atoms with Crippen molar-refractivity contribution in [2.75, 3.05) is 7.05 Å². The number of ether oxygens (including phenoxy) is 1. The zero-order valence-electron chi connectivity index (χ0n) is 11.9. The second kappa shape index (κ2) is 4.30. The molecule has 0 aromatic heterocycles. The number of carbonyl (C=O) groups excluding carboxylic acids is 1. The number of nitrogens with zero attached hydrogens (tertiary/aromatic N) is 2. The maximum atomic E-state index is 11.4. The van der Waals surface area contributed by atoms with E-state index in [1.54, 1.807) is 6.07 Å². The van der Waals surface area contributed by atoms with Gasteiger partial charge in [0.15, 0.2) is 5.84 Å². The summed E-state index contributed by atoms with van der Waals surface area (Å²) in [5.41, 5.74) is 4.07. The maximum absolute atomic E-state index is 11.4. The van der Waals surface area contributed by atoms with Crippen LogP contribution in [0, 0.1) is 6.92 Å². The van der Waals surface area contributed by atoms with Crippen LogP contribution in [0.15, 0.2) is 33.4 Å². The van der Waals surface area contributed by atoms with Crippen molar-refractivity contribution in [1.29, 1.82) is 0 Å². The Kier molecular flexibility index (Phi) is 2.71. The molecule has 2 aliphatic rings. The molecular formula is C15H15N3O2. The number of fused-ring (bicyclic) bond motifs is 2. The van der Waals surface area contributed by atoms with Crippen molar-refractivity contribution in [2.45, 2.75) is 20.8 Å². The number of allylic oxidation sites excluding steroid dienone is 1. The molecule has 1 aromatic carbocycles. The summed E-state index contributed by atoms with van der Waals surface area (Å²) in [6.07, 6.45) is -0.475. The van der Waals surface area contributed by atoms with Gasteiger partial charge < -0.3 is 10.1 Å². The van der Waals surface area contributed by atoms with E-state index >= 15 is 0 Å². The Morgan fingerprint density at radius 1 is 1.20 bits per heavy atom. The number of hydrogen-bond acceptors (Lipinski definition) is 4. The SMILES string of the molecule is CNC(=O)Oc1ccc2c(c1C)=C1C(=NC(C)=C1C)N=2. The first-order valence-corrected chi connectivity index (χ1v) is 6.42. The van der Waals surface area contributed by atoms with Gasteiger partial charge in [-0.2, -0.15) is 0 Å². The van der Waals surface area contributed by atoms with Crippen molar-refractivity contribution in [3.8, 4) is 5.75 Å². The number of rotatable bonds is 1. The van der Waals surface area contributed by atoms with Gasteiger partial charge in [0.1, 0.15) is 5.75 Å². The van der Waals surface area contributed by atoms with E-state index in [4.69, 9.17) is 4.74 Å². The third-order valence-electron chi connectivity index (χ3n) is 3.69. The van der Waals surface area contributed by atoms with Crippen LogP contribution in [-0.2, 0) is 0 Å². The Bertz CT molecular complexity index is 816. The van der Waals surface area contributed by atoms with E-state index < -0.39 is 6.09 Å². The molecule has 0 bridgehead atoms. The molecule has 0 spiro atoms. The number of amides is 1. The standard InChI is InChI=1S/C15H15N3O2/c1-7-9(3)17-14-13(7)12-8(2)11(20-15(19)16-4)6-5-10(12)18-14/h5-6H,1-4H3,(H,16,19). The van der Waals surface area contributed by atoms with Crippen molar-refractivity contribution in [3.63, 3.8) is 0 Å². The molecule has 102 valence electrons. The molecule has 1 aromatic rings.